The summed E-state index contributed by atoms with van der Waals surface area (Å²) in [5.74, 6) is -0.939. The summed E-state index contributed by atoms with van der Waals surface area (Å²) in [6, 6.07) is 25.9. The van der Waals surface area contributed by atoms with Gasteiger partial charge >= 0.3 is 12.1 Å². The van der Waals surface area contributed by atoms with Gasteiger partial charge in [-0.25, -0.2) is 0 Å². The highest BCUT2D eigenvalue weighted by Crippen LogP contribution is 2.31. The molecule has 2 unspecified atom stereocenters. The van der Waals surface area contributed by atoms with Gasteiger partial charge in [0.15, 0.2) is 0 Å². The van der Waals surface area contributed by atoms with Gasteiger partial charge in [0.2, 0.25) is 5.91 Å². The maximum Gasteiger partial charge on any atom is 0.416 e. The van der Waals surface area contributed by atoms with Crippen LogP contribution in [0.5, 0.6) is 5.75 Å². The molecular formula is C33H30ClF3N2O4. The Kier molecular flexibility index (Phi) is 10.1. The molecule has 6 nitrogen and oxygen atoms in total. The molecule has 1 heterocycles. The van der Waals surface area contributed by atoms with E-state index in [1.165, 1.54) is 12.1 Å². The van der Waals surface area contributed by atoms with Crippen LogP contribution in [0.2, 0.25) is 0 Å². The van der Waals surface area contributed by atoms with Crippen LogP contribution in [-0.4, -0.2) is 23.5 Å². The van der Waals surface area contributed by atoms with Crippen molar-refractivity contribution in [3.05, 3.63) is 125 Å². The van der Waals surface area contributed by atoms with Crippen LogP contribution in [0.25, 0.3) is 11.1 Å². The van der Waals surface area contributed by atoms with Gasteiger partial charge in [0.25, 0.3) is 0 Å². The molecule has 0 saturated heterocycles. The number of amides is 1. The normalized spacial score (nSPS) is 15.0. The lowest BCUT2D eigenvalue weighted by Gasteiger charge is -2.28. The smallest absolute Gasteiger partial charge is 0.416 e. The van der Waals surface area contributed by atoms with Crippen molar-refractivity contribution < 1.29 is 32.6 Å². The molecule has 0 aromatic heterocycles. The van der Waals surface area contributed by atoms with Crippen LogP contribution in [0, 0.1) is 0 Å². The van der Waals surface area contributed by atoms with Crippen molar-refractivity contribution in [2.45, 2.75) is 37.7 Å². The van der Waals surface area contributed by atoms with E-state index in [0.29, 0.717) is 35.4 Å². The van der Waals surface area contributed by atoms with E-state index in [4.69, 9.17) is 4.74 Å². The number of carbonyl (C=O) groups is 2. The van der Waals surface area contributed by atoms with Gasteiger partial charge in [0.1, 0.15) is 18.4 Å². The maximum atomic E-state index is 13.5. The van der Waals surface area contributed by atoms with Crippen molar-refractivity contribution in [1.29, 1.82) is 0 Å². The molecule has 0 radical (unpaired) electrons. The number of ether oxygens (including phenoxy) is 1. The summed E-state index contributed by atoms with van der Waals surface area (Å²) in [5.41, 5.74) is 4.19. The third kappa shape index (κ3) is 7.94. The predicted molar refractivity (Wildman–Crippen MR) is 159 cm³/mol. The number of hydrogen-bond donors (Lipinski definition) is 3. The Morgan fingerprint density at radius 1 is 0.930 bits per heavy atom. The molecule has 1 aliphatic heterocycles. The van der Waals surface area contributed by atoms with Gasteiger partial charge in [0.05, 0.1) is 18.0 Å². The van der Waals surface area contributed by atoms with Crippen LogP contribution in [0.15, 0.2) is 97.1 Å². The minimum absolute atomic E-state index is 0. The molecule has 10 heteroatoms. The number of halogens is 4. The number of carbonyl (C=O) groups excluding carboxylic acids is 1. The van der Waals surface area contributed by atoms with Gasteiger partial charge in [-0.1, -0.05) is 72.8 Å². The van der Waals surface area contributed by atoms with Crippen molar-refractivity contribution in [2.24, 2.45) is 0 Å². The van der Waals surface area contributed by atoms with E-state index >= 15 is 0 Å². The van der Waals surface area contributed by atoms with Crippen molar-refractivity contribution in [1.82, 2.24) is 10.6 Å². The highest BCUT2D eigenvalue weighted by molar-refractivity contribution is 5.85. The molecule has 3 N–H and O–H groups in total. The number of fused-ring (bicyclic) bond motifs is 1. The Morgan fingerprint density at radius 3 is 2.26 bits per heavy atom. The van der Waals surface area contributed by atoms with E-state index in [1.807, 2.05) is 60.7 Å². The van der Waals surface area contributed by atoms with E-state index in [9.17, 15) is 27.9 Å². The SMILES string of the molecule is Cl.O=C(O)CC(NC(=O)C1NCCc2ccc(OCc3ccc(C(F)(F)F)cc3)cc21)c1ccc(-c2ccccc2)cc1. The number of hydrogen-bond acceptors (Lipinski definition) is 4. The third-order valence-electron chi connectivity index (χ3n) is 7.24. The zero-order valence-electron chi connectivity index (χ0n) is 22.9. The average molecular weight is 611 g/mol. The second-order valence-corrected chi connectivity index (χ2v) is 10.1. The Labute approximate surface area is 253 Å². The van der Waals surface area contributed by atoms with E-state index in [1.54, 1.807) is 12.1 Å². The molecule has 2 atom stereocenters. The molecule has 0 aliphatic carbocycles. The lowest BCUT2D eigenvalue weighted by atomic mass is 9.92. The van der Waals surface area contributed by atoms with Crippen molar-refractivity contribution >= 4 is 24.3 Å². The maximum absolute atomic E-state index is 13.5. The van der Waals surface area contributed by atoms with Crippen LogP contribution in [0.3, 0.4) is 0 Å². The number of aliphatic carboxylic acids is 1. The summed E-state index contributed by atoms with van der Waals surface area (Å²) in [6.45, 7) is 0.618. The number of rotatable bonds is 9. The number of carboxylic acid groups (broad SMARTS) is 1. The quantitative estimate of drug-likeness (QED) is 0.192. The summed E-state index contributed by atoms with van der Waals surface area (Å²) in [6.07, 6.45) is -4.00. The number of carboxylic acids is 1. The fraction of sp³-hybridized carbons (Fsp3) is 0.212. The highest BCUT2D eigenvalue weighted by Gasteiger charge is 2.31. The van der Waals surface area contributed by atoms with Crippen LogP contribution in [-0.2, 0) is 28.8 Å². The predicted octanol–water partition coefficient (Wildman–Crippen LogP) is 6.89. The van der Waals surface area contributed by atoms with Gasteiger partial charge < -0.3 is 20.5 Å². The lowest BCUT2D eigenvalue weighted by Crippen LogP contribution is -2.43. The minimum atomic E-state index is -4.41. The summed E-state index contributed by atoms with van der Waals surface area (Å²) >= 11 is 0. The minimum Gasteiger partial charge on any atom is -0.489 e. The van der Waals surface area contributed by atoms with Gasteiger partial charge in [-0.3, -0.25) is 9.59 Å². The molecule has 4 aromatic carbocycles. The first-order chi connectivity index (χ1) is 20.2. The zero-order chi connectivity index (χ0) is 29.7. The summed E-state index contributed by atoms with van der Waals surface area (Å²) in [5, 5.41) is 15.7. The molecule has 1 aliphatic rings. The molecule has 1 amide bonds. The Balaban J connectivity index is 0.00000423. The van der Waals surface area contributed by atoms with Gasteiger partial charge in [-0.05, 0) is 64.1 Å². The topological polar surface area (TPSA) is 87.7 Å². The fourth-order valence-corrected chi connectivity index (χ4v) is 5.03. The number of benzene rings is 4. The van der Waals surface area contributed by atoms with Gasteiger partial charge in [0, 0.05) is 6.54 Å². The molecule has 5 rings (SSSR count). The van der Waals surface area contributed by atoms with E-state index < -0.39 is 29.8 Å². The fourth-order valence-electron chi connectivity index (χ4n) is 5.03. The Hall–Kier alpha value is -4.34. The van der Waals surface area contributed by atoms with Crippen LogP contribution in [0.1, 0.15) is 46.3 Å². The molecule has 224 valence electrons. The molecular weight excluding hydrogens is 581 g/mol. The highest BCUT2D eigenvalue weighted by atomic mass is 35.5. The standard InChI is InChI=1S/C33H29F3N2O4.ClH/c34-33(35,36)26-13-6-21(7-14-26)20-42-27-15-12-24-16-17-37-31(28(24)18-27)32(41)38-29(19-30(39)40)25-10-8-23(9-11-25)22-4-2-1-3-5-22;/h1-15,18,29,31,37H,16-17,19-20H2,(H,38,41)(H,39,40);1H. The summed E-state index contributed by atoms with van der Waals surface area (Å²) in [7, 11) is 0. The first-order valence-electron chi connectivity index (χ1n) is 13.5. The Morgan fingerprint density at radius 2 is 1.60 bits per heavy atom. The molecule has 4 aromatic rings. The van der Waals surface area contributed by atoms with Crippen LogP contribution < -0.4 is 15.4 Å². The molecule has 0 fully saturated rings. The van der Waals surface area contributed by atoms with Gasteiger partial charge in [-0.2, -0.15) is 13.2 Å². The lowest BCUT2D eigenvalue weighted by molar-refractivity contribution is -0.138. The van der Waals surface area contributed by atoms with Crippen molar-refractivity contribution in [2.75, 3.05) is 6.54 Å². The Bertz CT molecular complexity index is 1550. The number of alkyl halides is 3. The second-order valence-electron chi connectivity index (χ2n) is 10.1. The first-order valence-corrected chi connectivity index (χ1v) is 13.5. The van der Waals surface area contributed by atoms with E-state index in [-0.39, 0.29) is 31.3 Å². The first kappa shape index (κ1) is 31.6. The largest absolute Gasteiger partial charge is 0.489 e. The van der Waals surface area contributed by atoms with Crippen LogP contribution in [0.4, 0.5) is 13.2 Å². The average Bonchev–Trinajstić information content (AvgIpc) is 2.99. The van der Waals surface area contributed by atoms with Gasteiger partial charge in [-0.15, -0.1) is 12.4 Å². The van der Waals surface area contributed by atoms with Crippen molar-refractivity contribution in [3.8, 4) is 16.9 Å². The second kappa shape index (κ2) is 13.8. The van der Waals surface area contributed by atoms with Crippen molar-refractivity contribution in [3.63, 3.8) is 0 Å². The zero-order valence-corrected chi connectivity index (χ0v) is 23.8. The molecule has 0 bridgehead atoms. The molecule has 0 spiro atoms. The molecule has 43 heavy (non-hydrogen) atoms. The molecule has 0 saturated carbocycles. The third-order valence-corrected chi connectivity index (χ3v) is 7.24. The van der Waals surface area contributed by atoms with E-state index in [0.717, 1.165) is 28.8 Å². The van der Waals surface area contributed by atoms with E-state index in [2.05, 4.69) is 10.6 Å². The monoisotopic (exact) mass is 610 g/mol. The number of nitrogens with one attached hydrogen (secondary N) is 2. The van der Waals surface area contributed by atoms with Crippen LogP contribution >= 0.6 is 12.4 Å². The summed E-state index contributed by atoms with van der Waals surface area (Å²) < 4.78 is 44.4. The summed E-state index contributed by atoms with van der Waals surface area (Å²) in [4.78, 5) is 25.2.